The number of halogens is 2. The zero-order chi connectivity index (χ0) is 15.2. The first-order valence-corrected chi connectivity index (χ1v) is 7.36. The fourth-order valence-electron chi connectivity index (χ4n) is 2.27. The van der Waals surface area contributed by atoms with E-state index >= 15 is 0 Å². The molecule has 0 aliphatic rings. The van der Waals surface area contributed by atoms with Crippen molar-refractivity contribution in [2.45, 2.75) is 26.0 Å². The number of para-hydroxylation sites is 1. The Balaban J connectivity index is 2.16. The Hall–Kier alpha value is -1.58. The van der Waals surface area contributed by atoms with Crippen molar-refractivity contribution in [2.24, 2.45) is 0 Å². The van der Waals surface area contributed by atoms with Crippen LogP contribution in [0.2, 0.25) is 5.02 Å². The van der Waals surface area contributed by atoms with E-state index in [0.717, 1.165) is 23.3 Å². The van der Waals surface area contributed by atoms with Crippen LogP contribution in [0.4, 0.5) is 4.39 Å². The van der Waals surface area contributed by atoms with Crippen LogP contribution >= 0.6 is 11.6 Å². The molecule has 2 aromatic rings. The second-order valence-corrected chi connectivity index (χ2v) is 5.22. The fourth-order valence-corrected chi connectivity index (χ4v) is 2.50. The SMILES string of the molecule is CCC(NC)c1ccccc1OCc1ccc(F)cc1Cl. The van der Waals surface area contributed by atoms with Gasteiger partial charge in [0, 0.05) is 17.2 Å². The number of benzene rings is 2. The minimum absolute atomic E-state index is 0.241. The Morgan fingerprint density at radius 3 is 2.67 bits per heavy atom. The summed E-state index contributed by atoms with van der Waals surface area (Å²) in [6.07, 6.45) is 0.966. The maximum atomic E-state index is 13.0. The van der Waals surface area contributed by atoms with E-state index in [2.05, 4.69) is 12.2 Å². The molecule has 4 heteroatoms. The Bertz CT molecular complexity index is 599. The Morgan fingerprint density at radius 1 is 1.24 bits per heavy atom. The molecular weight excluding hydrogens is 289 g/mol. The molecule has 0 radical (unpaired) electrons. The zero-order valence-corrected chi connectivity index (χ0v) is 13.0. The van der Waals surface area contributed by atoms with Gasteiger partial charge in [-0.15, -0.1) is 0 Å². The van der Waals surface area contributed by atoms with Crippen LogP contribution in [0.1, 0.15) is 30.5 Å². The standard InChI is InChI=1S/C17H19ClFNO/c1-3-16(20-2)14-6-4-5-7-17(14)21-11-12-8-9-13(19)10-15(12)18/h4-10,16,20H,3,11H2,1-2H3. The maximum absolute atomic E-state index is 13.0. The molecule has 0 spiro atoms. The van der Waals surface area contributed by atoms with E-state index in [1.807, 2.05) is 31.3 Å². The highest BCUT2D eigenvalue weighted by Gasteiger charge is 2.12. The molecule has 21 heavy (non-hydrogen) atoms. The third-order valence-electron chi connectivity index (χ3n) is 3.45. The van der Waals surface area contributed by atoms with Crippen LogP contribution in [0.15, 0.2) is 42.5 Å². The van der Waals surface area contributed by atoms with Gasteiger partial charge >= 0.3 is 0 Å². The third-order valence-corrected chi connectivity index (χ3v) is 3.80. The minimum Gasteiger partial charge on any atom is -0.489 e. The average Bonchev–Trinajstić information content (AvgIpc) is 2.49. The topological polar surface area (TPSA) is 21.3 Å². The van der Waals surface area contributed by atoms with Gasteiger partial charge in [0.05, 0.1) is 5.02 Å². The van der Waals surface area contributed by atoms with E-state index in [4.69, 9.17) is 16.3 Å². The fraction of sp³-hybridized carbons (Fsp3) is 0.294. The van der Waals surface area contributed by atoms with Crippen LogP contribution in [-0.2, 0) is 6.61 Å². The van der Waals surface area contributed by atoms with Gasteiger partial charge in [0.15, 0.2) is 0 Å². The van der Waals surface area contributed by atoms with Crippen molar-refractivity contribution in [1.82, 2.24) is 5.32 Å². The molecule has 2 nitrogen and oxygen atoms in total. The third kappa shape index (κ3) is 3.96. The summed E-state index contributed by atoms with van der Waals surface area (Å²) in [4.78, 5) is 0. The molecule has 1 atom stereocenters. The van der Waals surface area contributed by atoms with Crippen molar-refractivity contribution in [1.29, 1.82) is 0 Å². The largest absolute Gasteiger partial charge is 0.489 e. The predicted octanol–water partition coefficient (Wildman–Crippen LogP) is 4.73. The van der Waals surface area contributed by atoms with Crippen LogP contribution in [0, 0.1) is 5.82 Å². The van der Waals surface area contributed by atoms with Gasteiger partial charge < -0.3 is 10.1 Å². The van der Waals surface area contributed by atoms with Gasteiger partial charge in [-0.05, 0) is 31.7 Å². The first kappa shape index (κ1) is 15.8. The molecule has 2 aromatic carbocycles. The molecular formula is C17H19ClFNO. The number of nitrogens with one attached hydrogen (secondary N) is 1. The molecule has 1 N–H and O–H groups in total. The molecule has 0 aliphatic heterocycles. The number of ether oxygens (including phenoxy) is 1. The summed E-state index contributed by atoms with van der Waals surface area (Å²) < 4.78 is 18.9. The summed E-state index contributed by atoms with van der Waals surface area (Å²) >= 11 is 6.02. The number of rotatable bonds is 6. The Morgan fingerprint density at radius 2 is 2.00 bits per heavy atom. The number of hydrogen-bond donors (Lipinski definition) is 1. The molecule has 0 saturated heterocycles. The smallest absolute Gasteiger partial charge is 0.124 e. The predicted molar refractivity (Wildman–Crippen MR) is 84.3 cm³/mol. The van der Waals surface area contributed by atoms with Crippen LogP contribution in [0.3, 0.4) is 0 Å². The average molecular weight is 308 g/mol. The van der Waals surface area contributed by atoms with Gasteiger partial charge in [-0.25, -0.2) is 4.39 Å². The van der Waals surface area contributed by atoms with E-state index in [1.54, 1.807) is 6.07 Å². The van der Waals surface area contributed by atoms with Crippen molar-refractivity contribution >= 4 is 11.6 Å². The monoisotopic (exact) mass is 307 g/mol. The minimum atomic E-state index is -0.342. The maximum Gasteiger partial charge on any atom is 0.124 e. The van der Waals surface area contributed by atoms with Gasteiger partial charge in [-0.1, -0.05) is 42.8 Å². The Labute approximate surface area is 129 Å². The molecule has 0 heterocycles. The highest BCUT2D eigenvalue weighted by atomic mass is 35.5. The van der Waals surface area contributed by atoms with Gasteiger partial charge in [0.1, 0.15) is 18.2 Å². The van der Waals surface area contributed by atoms with Gasteiger partial charge in [-0.2, -0.15) is 0 Å². The molecule has 0 aliphatic carbocycles. The Kier molecular flexibility index (Phi) is 5.59. The van der Waals surface area contributed by atoms with Crippen molar-refractivity contribution in [2.75, 3.05) is 7.05 Å². The molecule has 0 fully saturated rings. The van der Waals surface area contributed by atoms with Gasteiger partial charge in [0.25, 0.3) is 0 Å². The molecule has 0 amide bonds. The van der Waals surface area contributed by atoms with Crippen molar-refractivity contribution in [3.63, 3.8) is 0 Å². The van der Waals surface area contributed by atoms with E-state index in [0.29, 0.717) is 11.6 Å². The van der Waals surface area contributed by atoms with E-state index in [1.165, 1.54) is 12.1 Å². The molecule has 2 rings (SSSR count). The number of hydrogen-bond acceptors (Lipinski definition) is 2. The van der Waals surface area contributed by atoms with E-state index in [9.17, 15) is 4.39 Å². The lowest BCUT2D eigenvalue weighted by Gasteiger charge is -2.19. The highest BCUT2D eigenvalue weighted by molar-refractivity contribution is 6.31. The summed E-state index contributed by atoms with van der Waals surface area (Å²) in [5.41, 5.74) is 1.88. The summed E-state index contributed by atoms with van der Waals surface area (Å²) in [5, 5.41) is 3.65. The summed E-state index contributed by atoms with van der Waals surface area (Å²) in [6, 6.07) is 12.5. The lowest BCUT2D eigenvalue weighted by atomic mass is 10.0. The first-order chi connectivity index (χ1) is 10.2. The van der Waals surface area contributed by atoms with Crippen molar-refractivity contribution in [3.05, 3.63) is 64.4 Å². The van der Waals surface area contributed by atoms with Gasteiger partial charge in [0.2, 0.25) is 0 Å². The molecule has 0 saturated carbocycles. The van der Waals surface area contributed by atoms with E-state index < -0.39 is 0 Å². The van der Waals surface area contributed by atoms with Crippen LogP contribution in [0.5, 0.6) is 5.75 Å². The summed E-state index contributed by atoms with van der Waals surface area (Å²) in [6.45, 7) is 2.44. The zero-order valence-electron chi connectivity index (χ0n) is 12.2. The molecule has 1 unspecified atom stereocenters. The van der Waals surface area contributed by atoms with Crippen molar-refractivity contribution in [3.8, 4) is 5.75 Å². The molecule has 0 aromatic heterocycles. The van der Waals surface area contributed by atoms with Gasteiger partial charge in [-0.3, -0.25) is 0 Å². The molecule has 112 valence electrons. The van der Waals surface area contributed by atoms with E-state index in [-0.39, 0.29) is 11.9 Å². The van der Waals surface area contributed by atoms with Crippen LogP contribution in [-0.4, -0.2) is 7.05 Å². The second kappa shape index (κ2) is 7.43. The molecule has 0 bridgehead atoms. The second-order valence-electron chi connectivity index (χ2n) is 4.81. The summed E-state index contributed by atoms with van der Waals surface area (Å²) in [5.74, 6) is 0.476. The normalized spacial score (nSPS) is 12.2. The van der Waals surface area contributed by atoms with Crippen LogP contribution < -0.4 is 10.1 Å². The highest BCUT2D eigenvalue weighted by Crippen LogP contribution is 2.28. The lowest BCUT2D eigenvalue weighted by Crippen LogP contribution is -2.16. The lowest BCUT2D eigenvalue weighted by molar-refractivity contribution is 0.299. The van der Waals surface area contributed by atoms with Crippen molar-refractivity contribution < 1.29 is 9.13 Å². The summed E-state index contributed by atoms with van der Waals surface area (Å²) in [7, 11) is 1.93. The quantitative estimate of drug-likeness (QED) is 0.833. The first-order valence-electron chi connectivity index (χ1n) is 6.98. The van der Waals surface area contributed by atoms with Crippen LogP contribution in [0.25, 0.3) is 0 Å².